The van der Waals surface area contributed by atoms with Crippen LogP contribution >= 0.6 is 15.9 Å². The summed E-state index contributed by atoms with van der Waals surface area (Å²) in [5.41, 5.74) is 5.13. The van der Waals surface area contributed by atoms with Gasteiger partial charge in [0.2, 0.25) is 0 Å². The van der Waals surface area contributed by atoms with E-state index in [4.69, 9.17) is 9.47 Å². The van der Waals surface area contributed by atoms with Crippen molar-refractivity contribution in [1.29, 1.82) is 0 Å². The smallest absolute Gasteiger partial charge is 0.179 e. The van der Waals surface area contributed by atoms with E-state index < -0.39 is 6.04 Å². The molecule has 4 aromatic rings. The third-order valence-corrected chi connectivity index (χ3v) is 6.53. The molecule has 180 valence electrons. The van der Waals surface area contributed by atoms with Crippen molar-refractivity contribution in [1.82, 2.24) is 14.8 Å². The average molecular weight is 538 g/mol. The summed E-state index contributed by atoms with van der Waals surface area (Å²) in [6.45, 7) is 0.656. The predicted octanol–water partition coefficient (Wildman–Crippen LogP) is 3.68. The highest BCUT2D eigenvalue weighted by molar-refractivity contribution is 9.10. The number of ether oxygens (including phenoxy) is 2. The number of aliphatic hydroxyl groups is 2. The number of rotatable bonds is 7. The lowest BCUT2D eigenvalue weighted by atomic mass is 10.0. The SMILES string of the molecule is Cn1nc(Nc2cccc(-c3ccc4c(c3)OCCO4)c2Br)c2ncc(C=NC(CO)CO)cc21. The summed E-state index contributed by atoms with van der Waals surface area (Å²) in [6.07, 6.45) is 3.28. The van der Waals surface area contributed by atoms with Gasteiger partial charge in [-0.1, -0.05) is 18.2 Å². The van der Waals surface area contributed by atoms with Crippen LogP contribution in [-0.2, 0) is 7.05 Å². The summed E-state index contributed by atoms with van der Waals surface area (Å²) in [5.74, 6) is 2.11. The van der Waals surface area contributed by atoms with Crippen LogP contribution in [0.4, 0.5) is 11.5 Å². The van der Waals surface area contributed by atoms with Gasteiger partial charge in [0, 0.05) is 29.5 Å². The lowest BCUT2D eigenvalue weighted by molar-refractivity contribution is 0.171. The first-order chi connectivity index (χ1) is 17.1. The first-order valence-corrected chi connectivity index (χ1v) is 11.9. The molecule has 0 spiro atoms. The number of aliphatic hydroxyl groups excluding tert-OH is 2. The highest BCUT2D eigenvalue weighted by atomic mass is 79.9. The Kier molecular flexibility index (Phi) is 6.67. The van der Waals surface area contributed by atoms with Gasteiger partial charge in [0.15, 0.2) is 17.3 Å². The van der Waals surface area contributed by atoms with Gasteiger partial charge in [0.1, 0.15) is 18.7 Å². The number of anilines is 2. The maximum absolute atomic E-state index is 9.20. The highest BCUT2D eigenvalue weighted by Gasteiger charge is 2.17. The molecule has 0 saturated carbocycles. The number of nitrogens with one attached hydrogen (secondary N) is 1. The lowest BCUT2D eigenvalue weighted by Crippen LogP contribution is -2.15. The summed E-state index contributed by atoms with van der Waals surface area (Å²) in [5, 5.41) is 26.4. The van der Waals surface area contributed by atoms with E-state index in [9.17, 15) is 10.2 Å². The molecule has 9 nitrogen and oxygen atoms in total. The minimum absolute atomic E-state index is 0.220. The maximum Gasteiger partial charge on any atom is 0.179 e. The number of hydrogen-bond donors (Lipinski definition) is 3. The molecule has 3 N–H and O–H groups in total. The number of halogens is 1. The monoisotopic (exact) mass is 537 g/mol. The Morgan fingerprint density at radius 1 is 1.14 bits per heavy atom. The number of nitrogens with zero attached hydrogens (tertiary/aromatic N) is 4. The zero-order valence-electron chi connectivity index (χ0n) is 19.0. The molecule has 35 heavy (non-hydrogen) atoms. The first kappa shape index (κ1) is 23.3. The number of pyridine rings is 1. The predicted molar refractivity (Wildman–Crippen MR) is 138 cm³/mol. The molecule has 10 heteroatoms. The van der Waals surface area contributed by atoms with Crippen molar-refractivity contribution in [3.05, 3.63) is 58.7 Å². The largest absolute Gasteiger partial charge is 0.486 e. The topological polar surface area (TPSA) is 114 Å². The standard InChI is InChI=1S/C25H24BrN5O4/c1-31-20-9-15(11-27-17(13-32)14-33)12-28-24(20)25(30-31)29-19-4-2-3-18(23(19)26)16-5-6-21-22(10-16)35-8-7-34-21/h2-6,9-12,17,32-33H,7-8,13-14H2,1H3,(H,29,30). The van der Waals surface area contributed by atoms with E-state index in [2.05, 4.69) is 36.3 Å². The fourth-order valence-corrected chi connectivity index (χ4v) is 4.43. The number of aliphatic imine (C=N–C) groups is 1. The molecule has 2 aromatic carbocycles. The number of benzene rings is 2. The van der Waals surface area contributed by atoms with Crippen LogP contribution in [-0.4, -0.2) is 63.7 Å². The van der Waals surface area contributed by atoms with E-state index in [1.54, 1.807) is 17.1 Å². The van der Waals surface area contributed by atoms with Crippen LogP contribution < -0.4 is 14.8 Å². The fraction of sp³-hybridized carbons (Fsp3) is 0.240. The van der Waals surface area contributed by atoms with E-state index in [1.165, 1.54) is 0 Å². The van der Waals surface area contributed by atoms with Crippen LogP contribution in [0.25, 0.3) is 22.2 Å². The van der Waals surface area contributed by atoms with Gasteiger partial charge in [-0.15, -0.1) is 0 Å². The van der Waals surface area contributed by atoms with Gasteiger partial charge in [-0.05, 0) is 51.3 Å². The van der Waals surface area contributed by atoms with Gasteiger partial charge < -0.3 is 25.0 Å². The normalized spacial score (nSPS) is 13.2. The minimum atomic E-state index is -0.548. The van der Waals surface area contributed by atoms with Crippen LogP contribution in [0.1, 0.15) is 5.56 Å². The third kappa shape index (κ3) is 4.72. The molecule has 0 fully saturated rings. The second-order valence-electron chi connectivity index (χ2n) is 8.06. The Morgan fingerprint density at radius 2 is 1.94 bits per heavy atom. The van der Waals surface area contributed by atoms with E-state index >= 15 is 0 Å². The molecule has 0 amide bonds. The van der Waals surface area contributed by atoms with Crippen molar-refractivity contribution >= 4 is 44.7 Å². The summed E-state index contributed by atoms with van der Waals surface area (Å²) in [7, 11) is 1.85. The van der Waals surface area contributed by atoms with Crippen molar-refractivity contribution in [2.75, 3.05) is 31.7 Å². The van der Waals surface area contributed by atoms with Gasteiger partial charge in [-0.25, -0.2) is 4.98 Å². The van der Waals surface area contributed by atoms with E-state index in [0.29, 0.717) is 24.5 Å². The zero-order chi connectivity index (χ0) is 24.4. The molecule has 0 aliphatic carbocycles. The second kappa shape index (κ2) is 10.0. The van der Waals surface area contributed by atoms with Crippen molar-refractivity contribution in [3.63, 3.8) is 0 Å². The Bertz CT molecular complexity index is 1400. The van der Waals surface area contributed by atoms with Gasteiger partial charge in [0.05, 0.1) is 30.5 Å². The van der Waals surface area contributed by atoms with Crippen molar-refractivity contribution in [2.45, 2.75) is 6.04 Å². The molecule has 1 aliphatic rings. The molecule has 0 atom stereocenters. The number of fused-ring (bicyclic) bond motifs is 2. The molecular formula is C25H24BrN5O4. The Morgan fingerprint density at radius 3 is 2.74 bits per heavy atom. The van der Waals surface area contributed by atoms with Gasteiger partial charge in [0.25, 0.3) is 0 Å². The van der Waals surface area contributed by atoms with Gasteiger partial charge in [-0.3, -0.25) is 9.67 Å². The van der Waals surface area contributed by atoms with E-state index in [0.717, 1.165) is 43.9 Å². The minimum Gasteiger partial charge on any atom is -0.486 e. The molecule has 3 heterocycles. The summed E-state index contributed by atoms with van der Waals surface area (Å²) in [6, 6.07) is 13.3. The first-order valence-electron chi connectivity index (χ1n) is 11.1. The number of aryl methyl sites for hydroxylation is 1. The van der Waals surface area contributed by atoms with Crippen LogP contribution in [0, 0.1) is 0 Å². The Labute approximate surface area is 210 Å². The Balaban J connectivity index is 1.44. The molecule has 2 aromatic heterocycles. The molecule has 0 radical (unpaired) electrons. The molecule has 0 saturated heterocycles. The quantitative estimate of drug-likeness (QED) is 0.308. The van der Waals surface area contributed by atoms with Gasteiger partial charge in [-0.2, -0.15) is 5.10 Å². The molecule has 0 unspecified atom stereocenters. The molecule has 1 aliphatic heterocycles. The van der Waals surface area contributed by atoms with Gasteiger partial charge >= 0.3 is 0 Å². The average Bonchev–Trinajstić information content (AvgIpc) is 3.20. The number of aromatic nitrogens is 3. The summed E-state index contributed by atoms with van der Waals surface area (Å²) < 4.78 is 14.0. The Hall–Kier alpha value is -3.47. The lowest BCUT2D eigenvalue weighted by Gasteiger charge is -2.19. The molecule has 0 bridgehead atoms. The summed E-state index contributed by atoms with van der Waals surface area (Å²) in [4.78, 5) is 8.76. The van der Waals surface area contributed by atoms with Crippen LogP contribution in [0.5, 0.6) is 11.5 Å². The number of hydrogen-bond acceptors (Lipinski definition) is 8. The van der Waals surface area contributed by atoms with Crippen molar-refractivity contribution < 1.29 is 19.7 Å². The molecule has 5 rings (SSSR count). The van der Waals surface area contributed by atoms with Crippen LogP contribution in [0.15, 0.2) is 58.1 Å². The van der Waals surface area contributed by atoms with Crippen LogP contribution in [0.2, 0.25) is 0 Å². The third-order valence-electron chi connectivity index (χ3n) is 5.67. The van der Waals surface area contributed by atoms with E-state index in [-0.39, 0.29) is 13.2 Å². The highest BCUT2D eigenvalue weighted by Crippen LogP contribution is 2.40. The van der Waals surface area contributed by atoms with E-state index in [1.807, 2.05) is 49.5 Å². The maximum atomic E-state index is 9.20. The molecular weight excluding hydrogens is 514 g/mol. The van der Waals surface area contributed by atoms with Crippen LogP contribution in [0.3, 0.4) is 0 Å². The van der Waals surface area contributed by atoms with Crippen molar-refractivity contribution in [2.24, 2.45) is 12.0 Å². The fourth-order valence-electron chi connectivity index (χ4n) is 3.84. The second-order valence-corrected chi connectivity index (χ2v) is 8.85. The van der Waals surface area contributed by atoms with Crippen molar-refractivity contribution in [3.8, 4) is 22.6 Å². The summed E-state index contributed by atoms with van der Waals surface area (Å²) >= 11 is 3.75. The zero-order valence-corrected chi connectivity index (χ0v) is 20.6.